The molecule has 0 aliphatic rings. The van der Waals surface area contributed by atoms with Crippen molar-refractivity contribution in [3.63, 3.8) is 0 Å². The van der Waals surface area contributed by atoms with Crippen molar-refractivity contribution >= 4 is 151 Å². The third kappa shape index (κ3) is 8.46. The highest BCUT2D eigenvalue weighted by Gasteiger charge is 2.24. The van der Waals surface area contributed by atoms with E-state index in [1.165, 1.54) is 112 Å². The highest BCUT2D eigenvalue weighted by molar-refractivity contribution is 7.27. The fourth-order valence-electron chi connectivity index (χ4n) is 13.9. The molecule has 18 rings (SSSR count). The summed E-state index contributed by atoms with van der Waals surface area (Å²) in [6.07, 6.45) is 0. The van der Waals surface area contributed by atoms with E-state index in [9.17, 15) is 0 Å². The van der Waals surface area contributed by atoms with E-state index in [-0.39, 0.29) is 0 Å². The van der Waals surface area contributed by atoms with Crippen molar-refractivity contribution < 1.29 is 4.42 Å². The number of fused-ring (bicyclic) bond motifs is 15. The van der Waals surface area contributed by atoms with Gasteiger partial charge in [0.15, 0.2) is 0 Å². The second kappa shape index (κ2) is 20.8. The first-order valence-electron chi connectivity index (χ1n) is 30.3. The van der Waals surface area contributed by atoms with E-state index in [4.69, 9.17) is 4.42 Å². The van der Waals surface area contributed by atoms with Crippen LogP contribution in [0.1, 0.15) is 0 Å². The molecule has 3 aromatic heterocycles. The van der Waals surface area contributed by atoms with Crippen LogP contribution < -0.4 is 9.80 Å². The SMILES string of the molecule is c1ccc(-c2ccc(N(c3ccc4oc5cc6c7ccc(N(c8ccc(-c9ccccc9)cc8)c8cccc9c8sc8c(-c%10ccccc%10)cccc89)cc7c7ccccc7c6cc5c4c3)c3cccc4c3sc3c(-c5ccccc5)cccc34)cc2)cc1. The van der Waals surface area contributed by atoms with Gasteiger partial charge in [0.2, 0.25) is 0 Å². The minimum Gasteiger partial charge on any atom is -0.456 e. The molecule has 3 heterocycles. The summed E-state index contributed by atoms with van der Waals surface area (Å²) >= 11 is 3.76. The molecule has 5 heteroatoms. The van der Waals surface area contributed by atoms with Gasteiger partial charge >= 0.3 is 0 Å². The van der Waals surface area contributed by atoms with E-state index >= 15 is 0 Å². The summed E-state index contributed by atoms with van der Waals surface area (Å²) < 4.78 is 12.1. The van der Waals surface area contributed by atoms with Gasteiger partial charge in [0, 0.05) is 64.5 Å². The van der Waals surface area contributed by atoms with E-state index in [0.717, 1.165) is 61.4 Å². The number of hydrogen-bond acceptors (Lipinski definition) is 5. The van der Waals surface area contributed by atoms with Crippen LogP contribution in [0.15, 0.2) is 320 Å². The van der Waals surface area contributed by atoms with Crippen LogP contribution in [0.3, 0.4) is 0 Å². The summed E-state index contributed by atoms with van der Waals surface area (Å²) in [7, 11) is 0. The Morgan fingerprint density at radius 2 is 0.551 bits per heavy atom. The third-order valence-corrected chi connectivity index (χ3v) is 20.6. The van der Waals surface area contributed by atoms with E-state index in [1.54, 1.807) is 0 Å². The summed E-state index contributed by atoms with van der Waals surface area (Å²) in [6.45, 7) is 0. The van der Waals surface area contributed by atoms with E-state index < -0.39 is 0 Å². The molecule has 0 amide bonds. The summed E-state index contributed by atoms with van der Waals surface area (Å²) in [5, 5.41) is 14.3. The predicted molar refractivity (Wildman–Crippen MR) is 383 cm³/mol. The number of furan rings is 1. The van der Waals surface area contributed by atoms with Crippen LogP contribution in [-0.2, 0) is 0 Å². The lowest BCUT2D eigenvalue weighted by Crippen LogP contribution is -2.10. The van der Waals surface area contributed by atoms with Gasteiger partial charge in [-0.3, -0.25) is 0 Å². The molecule has 0 bridgehead atoms. The van der Waals surface area contributed by atoms with Gasteiger partial charge in [0.1, 0.15) is 11.2 Å². The molecule has 0 N–H and O–H groups in total. The zero-order valence-electron chi connectivity index (χ0n) is 48.1. The highest BCUT2D eigenvalue weighted by Crippen LogP contribution is 2.51. The molecular weight excluding hydrogens is 1120 g/mol. The lowest BCUT2D eigenvalue weighted by atomic mass is 9.92. The molecule has 3 nitrogen and oxygen atoms in total. The number of hydrogen-bond donors (Lipinski definition) is 0. The van der Waals surface area contributed by atoms with Crippen LogP contribution in [0.5, 0.6) is 0 Å². The van der Waals surface area contributed by atoms with Gasteiger partial charge in [-0.05, 0) is 156 Å². The van der Waals surface area contributed by atoms with Crippen molar-refractivity contribution in [3.05, 3.63) is 315 Å². The minimum absolute atomic E-state index is 0.849. The monoisotopic (exact) mass is 1170 g/mol. The van der Waals surface area contributed by atoms with Gasteiger partial charge < -0.3 is 14.2 Å². The Hall–Kier alpha value is -11.1. The largest absolute Gasteiger partial charge is 0.456 e. The van der Waals surface area contributed by atoms with Gasteiger partial charge in [-0.25, -0.2) is 0 Å². The smallest absolute Gasteiger partial charge is 0.136 e. The number of anilines is 6. The van der Waals surface area contributed by atoms with Crippen molar-refractivity contribution in [1.29, 1.82) is 0 Å². The Morgan fingerprint density at radius 3 is 1.04 bits per heavy atom. The van der Waals surface area contributed by atoms with Gasteiger partial charge in [-0.15, -0.1) is 22.7 Å². The molecule has 416 valence electrons. The quantitative estimate of drug-likeness (QED) is 0.127. The molecule has 0 radical (unpaired) electrons. The summed E-state index contributed by atoms with van der Waals surface area (Å²) in [6, 6.07) is 116. The van der Waals surface area contributed by atoms with Gasteiger partial charge in [-0.2, -0.15) is 0 Å². The molecule has 0 aliphatic heterocycles. The molecule has 0 fully saturated rings. The maximum absolute atomic E-state index is 7.00. The second-order valence-corrected chi connectivity index (χ2v) is 25.1. The maximum Gasteiger partial charge on any atom is 0.136 e. The Kier molecular flexibility index (Phi) is 12.0. The molecule has 15 aromatic carbocycles. The van der Waals surface area contributed by atoms with E-state index in [2.05, 4.69) is 325 Å². The van der Waals surface area contributed by atoms with Crippen LogP contribution in [0.4, 0.5) is 34.1 Å². The molecule has 0 saturated carbocycles. The summed E-state index contributed by atoms with van der Waals surface area (Å²) in [5.74, 6) is 0. The second-order valence-electron chi connectivity index (χ2n) is 23.1. The lowest BCUT2D eigenvalue weighted by Gasteiger charge is -2.27. The Morgan fingerprint density at radius 1 is 0.202 bits per heavy atom. The molecule has 0 saturated heterocycles. The van der Waals surface area contributed by atoms with Crippen molar-refractivity contribution in [2.45, 2.75) is 0 Å². The molecule has 0 unspecified atom stereocenters. The van der Waals surface area contributed by atoms with Crippen LogP contribution in [0.25, 0.3) is 139 Å². The Labute approximate surface area is 522 Å². The first-order chi connectivity index (χ1) is 44.1. The summed E-state index contributed by atoms with van der Waals surface area (Å²) in [4.78, 5) is 4.91. The lowest BCUT2D eigenvalue weighted by molar-refractivity contribution is 0.669. The third-order valence-electron chi connectivity index (χ3n) is 18.0. The summed E-state index contributed by atoms with van der Waals surface area (Å²) in [5.41, 5.74) is 18.0. The number of rotatable bonds is 10. The standard InChI is InChI=1S/C84H52N2OS2/c1-5-19-53(20-6-1)55-37-41-59(42-38-55)85(77-35-17-33-70-68-31-15-29-63(81(68)88-83(70)77)57-23-9-3-10-24-57)61-45-47-67-72(49-61)65-27-13-14-28-66(65)73-51-76-75-50-62(46-48-79(75)87-80(76)52-74(67)73)86(60-43-39-56(40-44-60)54-21-7-2-8-22-54)78-36-18-34-71-69-32-16-30-64(82(69)89-84(71)78)58-25-11-4-12-26-58/h1-52H. The normalized spacial score (nSPS) is 11.8. The first-order valence-corrected chi connectivity index (χ1v) is 31.9. The molecule has 0 atom stereocenters. The maximum atomic E-state index is 7.00. The number of thiophene rings is 2. The fraction of sp³-hybridized carbons (Fsp3) is 0. The average Bonchev–Trinajstić information content (AvgIpc) is 1.94. The fourth-order valence-corrected chi connectivity index (χ4v) is 16.5. The highest BCUT2D eigenvalue weighted by atomic mass is 32.1. The van der Waals surface area contributed by atoms with E-state index in [0.29, 0.717) is 0 Å². The van der Waals surface area contributed by atoms with Gasteiger partial charge in [0.25, 0.3) is 0 Å². The molecule has 0 aliphatic carbocycles. The molecular formula is C84H52N2OS2. The molecule has 0 spiro atoms. The predicted octanol–water partition coefficient (Wildman–Crippen LogP) is 25.4. The first kappa shape index (κ1) is 51.2. The zero-order valence-corrected chi connectivity index (χ0v) is 49.8. The molecule has 89 heavy (non-hydrogen) atoms. The Bertz CT molecular complexity index is 5780. The van der Waals surface area contributed by atoms with Crippen LogP contribution in [-0.4, -0.2) is 0 Å². The average molecular weight is 1170 g/mol. The topological polar surface area (TPSA) is 19.6 Å². The van der Waals surface area contributed by atoms with Crippen LogP contribution in [0.2, 0.25) is 0 Å². The van der Waals surface area contributed by atoms with Crippen molar-refractivity contribution in [2.24, 2.45) is 0 Å². The molecule has 18 aromatic rings. The van der Waals surface area contributed by atoms with Crippen molar-refractivity contribution in [3.8, 4) is 44.5 Å². The minimum atomic E-state index is 0.849. The van der Waals surface area contributed by atoms with E-state index in [1.807, 2.05) is 22.7 Å². The number of nitrogens with zero attached hydrogens (tertiary/aromatic N) is 2. The van der Waals surface area contributed by atoms with Gasteiger partial charge in [0.05, 0.1) is 20.8 Å². The number of benzene rings is 15. The van der Waals surface area contributed by atoms with Gasteiger partial charge in [-0.1, -0.05) is 237 Å². The van der Waals surface area contributed by atoms with Crippen molar-refractivity contribution in [2.75, 3.05) is 9.80 Å². The Balaban J connectivity index is 0.808. The zero-order chi connectivity index (χ0) is 58.5. The van der Waals surface area contributed by atoms with Crippen molar-refractivity contribution in [1.82, 2.24) is 0 Å². The van der Waals surface area contributed by atoms with Crippen LogP contribution in [0, 0.1) is 0 Å². The van der Waals surface area contributed by atoms with Crippen LogP contribution >= 0.6 is 22.7 Å².